The molecule has 0 bridgehead atoms. The van der Waals surface area contributed by atoms with Crippen molar-refractivity contribution in [3.63, 3.8) is 0 Å². The van der Waals surface area contributed by atoms with Crippen molar-refractivity contribution in [2.24, 2.45) is 11.1 Å². The third kappa shape index (κ3) is 2.46. The summed E-state index contributed by atoms with van der Waals surface area (Å²) >= 11 is 1.97. The molecule has 0 spiro atoms. The number of hydrogen-bond donors (Lipinski definition) is 0. The monoisotopic (exact) mass is 350 g/mol. The number of hydrogen-bond acceptors (Lipinski definition) is 4. The van der Waals surface area contributed by atoms with Crippen LogP contribution in [0, 0.1) is 5.92 Å². The van der Waals surface area contributed by atoms with E-state index in [4.69, 9.17) is 4.84 Å². The minimum atomic E-state index is -0.509. The number of amidine groups is 1. The Hall–Kier alpha value is -1.94. The highest BCUT2D eigenvalue weighted by atomic mass is 32.2. The lowest BCUT2D eigenvalue weighted by Gasteiger charge is -2.48. The van der Waals surface area contributed by atoms with Crippen molar-refractivity contribution in [3.8, 4) is 0 Å². The van der Waals surface area contributed by atoms with E-state index >= 15 is 0 Å². The molecule has 0 radical (unpaired) electrons. The second-order valence-corrected chi connectivity index (χ2v) is 8.53. The summed E-state index contributed by atoms with van der Waals surface area (Å²) in [6, 6.07) is 21.0. The molecule has 5 rings (SSSR count). The van der Waals surface area contributed by atoms with E-state index in [-0.39, 0.29) is 0 Å². The fourth-order valence-corrected chi connectivity index (χ4v) is 6.08. The maximum atomic E-state index is 6.22. The average molecular weight is 350 g/mol. The highest BCUT2D eigenvalue weighted by molar-refractivity contribution is 8.00. The lowest BCUT2D eigenvalue weighted by atomic mass is 9.87. The van der Waals surface area contributed by atoms with Gasteiger partial charge in [0.1, 0.15) is 0 Å². The van der Waals surface area contributed by atoms with Gasteiger partial charge >= 0.3 is 0 Å². The lowest BCUT2D eigenvalue weighted by molar-refractivity contribution is -0.0400. The van der Waals surface area contributed by atoms with Crippen molar-refractivity contribution in [2.75, 3.05) is 6.54 Å². The maximum Gasteiger partial charge on any atom is 0.285 e. The number of benzene rings is 2. The molecular formula is C21H22N2OS. The molecule has 3 aliphatic rings. The minimum absolute atomic E-state index is 0.509. The summed E-state index contributed by atoms with van der Waals surface area (Å²) in [5, 5.41) is 4.73. The van der Waals surface area contributed by atoms with Gasteiger partial charge in [0.2, 0.25) is 0 Å². The van der Waals surface area contributed by atoms with E-state index in [1.165, 1.54) is 31.2 Å². The second-order valence-electron chi connectivity index (χ2n) is 7.13. The van der Waals surface area contributed by atoms with Crippen LogP contribution < -0.4 is 0 Å². The Labute approximate surface area is 153 Å². The van der Waals surface area contributed by atoms with E-state index in [9.17, 15) is 0 Å². The largest absolute Gasteiger partial charge is 0.348 e. The summed E-state index contributed by atoms with van der Waals surface area (Å²) in [4.78, 5) is 8.63. The summed E-state index contributed by atoms with van der Waals surface area (Å²) in [6.07, 6.45) is 5.31. The first-order chi connectivity index (χ1) is 12.4. The van der Waals surface area contributed by atoms with Gasteiger partial charge in [0.25, 0.3) is 5.06 Å². The Kier molecular flexibility index (Phi) is 3.74. The summed E-state index contributed by atoms with van der Waals surface area (Å²) in [5.74, 6) is 1.70. The lowest BCUT2D eigenvalue weighted by Crippen LogP contribution is -2.53. The van der Waals surface area contributed by atoms with Gasteiger partial charge in [-0.15, -0.1) is 0 Å². The Morgan fingerprint density at radius 2 is 1.68 bits per heavy atom. The highest BCUT2D eigenvalue weighted by Crippen LogP contribution is 2.55. The molecule has 0 amide bonds. The SMILES string of the molecule is c1ccc(C2=NO[C@@]3(c4ccccc4)S[C@H]4CCCC[C@@H]4CN23)cc1. The van der Waals surface area contributed by atoms with Crippen LogP contribution in [-0.4, -0.2) is 22.5 Å². The first-order valence-electron chi connectivity index (χ1n) is 9.19. The van der Waals surface area contributed by atoms with Crippen molar-refractivity contribution in [1.82, 2.24) is 4.90 Å². The van der Waals surface area contributed by atoms with Gasteiger partial charge in [0, 0.05) is 22.9 Å². The van der Waals surface area contributed by atoms with Crippen molar-refractivity contribution in [1.29, 1.82) is 0 Å². The van der Waals surface area contributed by atoms with Gasteiger partial charge in [-0.25, -0.2) is 0 Å². The quantitative estimate of drug-likeness (QED) is 0.778. The molecule has 25 heavy (non-hydrogen) atoms. The summed E-state index contributed by atoms with van der Waals surface area (Å²) < 4.78 is 0. The maximum absolute atomic E-state index is 6.22. The molecule has 2 aromatic rings. The molecule has 128 valence electrons. The van der Waals surface area contributed by atoms with Gasteiger partial charge in [-0.1, -0.05) is 90.4 Å². The van der Waals surface area contributed by atoms with E-state index < -0.39 is 5.06 Å². The Morgan fingerprint density at radius 3 is 2.48 bits per heavy atom. The molecule has 1 saturated carbocycles. The first kappa shape index (κ1) is 15.3. The zero-order valence-electron chi connectivity index (χ0n) is 14.2. The fraction of sp³-hybridized carbons (Fsp3) is 0.381. The predicted molar refractivity (Wildman–Crippen MR) is 102 cm³/mol. The minimum Gasteiger partial charge on any atom is -0.348 e. The number of nitrogens with zero attached hydrogens (tertiary/aromatic N) is 2. The van der Waals surface area contributed by atoms with Crippen LogP contribution in [0.2, 0.25) is 0 Å². The molecule has 0 unspecified atom stereocenters. The standard InChI is InChI=1S/C21H22N2OS/c1-3-9-16(10-4-1)20-22-24-21(18-12-5-2-6-13-18)23(20)15-17-11-7-8-14-19(17)25-21/h1-6,9-10,12-13,17,19H,7-8,11,14-15H2/t17-,19+,21+/m1/s1. The number of rotatable bonds is 2. The molecule has 2 aliphatic heterocycles. The number of thioether (sulfide) groups is 1. The van der Waals surface area contributed by atoms with Crippen LogP contribution in [-0.2, 0) is 9.89 Å². The molecule has 3 atom stereocenters. The van der Waals surface area contributed by atoms with Gasteiger partial charge in [-0.3, -0.25) is 0 Å². The van der Waals surface area contributed by atoms with Crippen molar-refractivity contribution < 1.29 is 4.84 Å². The smallest absolute Gasteiger partial charge is 0.285 e. The fourth-order valence-electron chi connectivity index (χ4n) is 4.33. The first-order valence-corrected chi connectivity index (χ1v) is 10.1. The Morgan fingerprint density at radius 1 is 0.960 bits per heavy atom. The highest BCUT2D eigenvalue weighted by Gasteiger charge is 2.55. The van der Waals surface area contributed by atoms with E-state index in [1.54, 1.807) is 0 Å². The van der Waals surface area contributed by atoms with Gasteiger partial charge in [0.15, 0.2) is 5.84 Å². The molecule has 3 nitrogen and oxygen atoms in total. The van der Waals surface area contributed by atoms with Crippen LogP contribution in [0.15, 0.2) is 65.8 Å². The molecule has 0 aromatic heterocycles. The van der Waals surface area contributed by atoms with Crippen LogP contribution in [0.4, 0.5) is 0 Å². The molecule has 1 aliphatic carbocycles. The molecule has 2 heterocycles. The van der Waals surface area contributed by atoms with Crippen LogP contribution >= 0.6 is 11.8 Å². The van der Waals surface area contributed by atoms with E-state index in [2.05, 4.69) is 64.7 Å². The Bertz CT molecular complexity index is 779. The van der Waals surface area contributed by atoms with Crippen LogP contribution in [0.25, 0.3) is 0 Å². The van der Waals surface area contributed by atoms with Crippen molar-refractivity contribution >= 4 is 17.6 Å². The van der Waals surface area contributed by atoms with Gasteiger partial charge in [-0.2, -0.15) is 0 Å². The van der Waals surface area contributed by atoms with Crippen molar-refractivity contribution in [2.45, 2.75) is 36.0 Å². The summed E-state index contributed by atoms with van der Waals surface area (Å²) in [7, 11) is 0. The van der Waals surface area contributed by atoms with Gasteiger partial charge < -0.3 is 9.74 Å². The van der Waals surface area contributed by atoms with Crippen LogP contribution in [0.5, 0.6) is 0 Å². The topological polar surface area (TPSA) is 24.8 Å². The average Bonchev–Trinajstić information content (AvgIpc) is 3.07. The Balaban J connectivity index is 1.58. The van der Waals surface area contributed by atoms with Crippen LogP contribution in [0.3, 0.4) is 0 Å². The third-order valence-electron chi connectivity index (χ3n) is 5.60. The normalized spacial score (nSPS) is 30.9. The zero-order valence-corrected chi connectivity index (χ0v) is 15.0. The molecule has 4 heteroatoms. The molecule has 2 fully saturated rings. The number of oxime groups is 1. The zero-order chi connectivity index (χ0) is 16.7. The van der Waals surface area contributed by atoms with E-state index in [0.29, 0.717) is 5.25 Å². The van der Waals surface area contributed by atoms with Gasteiger partial charge in [-0.05, 0) is 18.8 Å². The third-order valence-corrected chi connectivity index (χ3v) is 7.38. The summed E-state index contributed by atoms with van der Waals surface area (Å²) in [5.41, 5.74) is 2.33. The molecule has 0 N–H and O–H groups in total. The van der Waals surface area contributed by atoms with E-state index in [1.807, 2.05) is 17.8 Å². The van der Waals surface area contributed by atoms with Gasteiger partial charge in [0.05, 0.1) is 0 Å². The number of fused-ring (bicyclic) bond motifs is 2. The molecule has 1 saturated heterocycles. The summed E-state index contributed by atoms with van der Waals surface area (Å²) in [6.45, 7) is 1.03. The predicted octanol–water partition coefficient (Wildman–Crippen LogP) is 4.80. The van der Waals surface area contributed by atoms with E-state index in [0.717, 1.165) is 23.9 Å². The molecular weight excluding hydrogens is 328 g/mol. The molecule has 2 aromatic carbocycles. The van der Waals surface area contributed by atoms with Crippen LogP contribution in [0.1, 0.15) is 36.8 Å². The van der Waals surface area contributed by atoms with Crippen molar-refractivity contribution in [3.05, 3.63) is 71.8 Å². The second kappa shape index (κ2) is 6.10.